The molecule has 1 saturated carbocycles. The zero-order valence-corrected chi connectivity index (χ0v) is 12.7. The van der Waals surface area contributed by atoms with Crippen molar-refractivity contribution in [3.8, 4) is 0 Å². The first-order valence-corrected chi connectivity index (χ1v) is 8.75. The van der Waals surface area contributed by atoms with Gasteiger partial charge in [0.05, 0.1) is 18.5 Å². The van der Waals surface area contributed by atoms with Crippen molar-refractivity contribution in [3.05, 3.63) is 0 Å². The van der Waals surface area contributed by atoms with E-state index in [-0.39, 0.29) is 11.0 Å². The second kappa shape index (κ2) is 6.08. The second-order valence-electron chi connectivity index (χ2n) is 5.83. The van der Waals surface area contributed by atoms with Gasteiger partial charge < -0.3 is 9.47 Å². The lowest BCUT2D eigenvalue weighted by Gasteiger charge is -2.35. The Morgan fingerprint density at radius 3 is 2.32 bits per heavy atom. The summed E-state index contributed by atoms with van der Waals surface area (Å²) in [5, 5.41) is -0.359. The summed E-state index contributed by atoms with van der Waals surface area (Å²) in [4.78, 5) is 0. The largest absolute Gasteiger partial charge is 0.348 e. The maximum absolute atomic E-state index is 11.6. The summed E-state index contributed by atoms with van der Waals surface area (Å²) in [6, 6.07) is 0. The molecular formula is C13H25NO4S. The number of hydrogen-bond donors (Lipinski definition) is 1. The minimum Gasteiger partial charge on any atom is -0.348 e. The third kappa shape index (κ3) is 3.90. The molecular weight excluding hydrogens is 266 g/mol. The molecule has 0 aromatic heterocycles. The van der Waals surface area contributed by atoms with Gasteiger partial charge in [0.25, 0.3) is 0 Å². The highest BCUT2D eigenvalue weighted by atomic mass is 32.2. The van der Waals surface area contributed by atoms with Crippen LogP contribution in [0, 0.1) is 5.92 Å². The van der Waals surface area contributed by atoms with E-state index in [0.29, 0.717) is 25.7 Å². The summed E-state index contributed by atoms with van der Waals surface area (Å²) >= 11 is 0. The Balaban J connectivity index is 1.69. The Morgan fingerprint density at radius 1 is 1.21 bits per heavy atom. The van der Waals surface area contributed by atoms with Crippen LogP contribution in [0.15, 0.2) is 0 Å². The predicted octanol–water partition coefficient (Wildman–Crippen LogP) is 1.64. The van der Waals surface area contributed by atoms with Crippen LogP contribution in [-0.4, -0.2) is 39.2 Å². The number of nitrogens with one attached hydrogen (secondary N) is 1. The molecule has 0 amide bonds. The van der Waals surface area contributed by atoms with E-state index in [2.05, 4.69) is 4.72 Å². The first-order valence-electron chi connectivity index (χ1n) is 7.20. The van der Waals surface area contributed by atoms with Crippen LogP contribution in [0.5, 0.6) is 0 Å². The van der Waals surface area contributed by atoms with E-state index in [1.54, 1.807) is 13.8 Å². The lowest BCUT2D eigenvalue weighted by atomic mass is 9.83. The molecule has 2 rings (SSSR count). The summed E-state index contributed by atoms with van der Waals surface area (Å²) in [5.74, 6) is 0.266. The van der Waals surface area contributed by atoms with E-state index in [9.17, 15) is 8.42 Å². The number of rotatable bonds is 5. The van der Waals surface area contributed by atoms with Crippen molar-refractivity contribution in [1.82, 2.24) is 4.72 Å². The van der Waals surface area contributed by atoms with Crippen molar-refractivity contribution in [1.29, 1.82) is 0 Å². The van der Waals surface area contributed by atoms with Crippen LogP contribution in [0.2, 0.25) is 0 Å². The van der Waals surface area contributed by atoms with Gasteiger partial charge in [-0.25, -0.2) is 13.1 Å². The number of hydrogen-bond acceptors (Lipinski definition) is 4. The fraction of sp³-hybridized carbons (Fsp3) is 1.00. The number of ether oxygens (including phenoxy) is 2. The van der Waals surface area contributed by atoms with E-state index in [1.807, 2.05) is 0 Å². The van der Waals surface area contributed by atoms with Crippen LogP contribution in [0.1, 0.15) is 46.0 Å². The van der Waals surface area contributed by atoms with E-state index in [4.69, 9.17) is 9.47 Å². The molecule has 6 heteroatoms. The predicted molar refractivity (Wildman–Crippen MR) is 73.3 cm³/mol. The first-order chi connectivity index (χ1) is 8.94. The van der Waals surface area contributed by atoms with Crippen molar-refractivity contribution in [2.24, 2.45) is 5.92 Å². The minimum atomic E-state index is -3.12. The molecule has 1 heterocycles. The monoisotopic (exact) mass is 291 g/mol. The smallest absolute Gasteiger partial charge is 0.213 e. The standard InChI is InChI=1S/C13H25NO4S/c1-11(2)19(15,16)14-8-5-12-3-6-13(7-4-12)17-9-10-18-13/h11-12,14H,3-10H2,1-2H3. The fourth-order valence-electron chi connectivity index (χ4n) is 2.76. The third-order valence-corrected chi connectivity index (χ3v) is 6.00. The van der Waals surface area contributed by atoms with Crippen molar-refractivity contribution < 1.29 is 17.9 Å². The fourth-order valence-corrected chi connectivity index (χ4v) is 3.50. The molecule has 2 fully saturated rings. The lowest BCUT2D eigenvalue weighted by molar-refractivity contribution is -0.182. The normalized spacial score (nSPS) is 24.4. The molecule has 0 atom stereocenters. The quantitative estimate of drug-likeness (QED) is 0.836. The highest BCUT2D eigenvalue weighted by molar-refractivity contribution is 7.90. The van der Waals surface area contributed by atoms with E-state index < -0.39 is 10.0 Å². The van der Waals surface area contributed by atoms with Crippen LogP contribution in [-0.2, 0) is 19.5 Å². The number of sulfonamides is 1. The van der Waals surface area contributed by atoms with Crippen LogP contribution >= 0.6 is 0 Å². The van der Waals surface area contributed by atoms with Crippen LogP contribution < -0.4 is 4.72 Å². The van der Waals surface area contributed by atoms with Crippen molar-refractivity contribution >= 4 is 10.0 Å². The van der Waals surface area contributed by atoms with Gasteiger partial charge in [-0.05, 0) is 39.0 Å². The molecule has 0 unspecified atom stereocenters. The molecule has 2 aliphatic rings. The molecule has 1 saturated heterocycles. The average molecular weight is 291 g/mol. The molecule has 0 aromatic rings. The summed E-state index contributed by atoms with van der Waals surface area (Å²) in [7, 11) is -3.12. The van der Waals surface area contributed by atoms with Gasteiger partial charge in [0.15, 0.2) is 5.79 Å². The maximum atomic E-state index is 11.6. The molecule has 0 radical (unpaired) electrons. The molecule has 0 aromatic carbocycles. The lowest BCUT2D eigenvalue weighted by Crippen LogP contribution is -2.37. The molecule has 19 heavy (non-hydrogen) atoms. The zero-order chi connectivity index (χ0) is 13.9. The third-order valence-electron chi connectivity index (χ3n) is 4.16. The van der Waals surface area contributed by atoms with Gasteiger partial charge in [-0.15, -0.1) is 0 Å². The van der Waals surface area contributed by atoms with Gasteiger partial charge in [-0.3, -0.25) is 0 Å². The van der Waals surface area contributed by atoms with Crippen molar-refractivity contribution in [3.63, 3.8) is 0 Å². The summed E-state index contributed by atoms with van der Waals surface area (Å²) < 4.78 is 37.3. The average Bonchev–Trinajstić information content (AvgIpc) is 2.80. The van der Waals surface area contributed by atoms with Gasteiger partial charge in [-0.2, -0.15) is 0 Å². The van der Waals surface area contributed by atoms with Crippen LogP contribution in [0.3, 0.4) is 0 Å². The van der Waals surface area contributed by atoms with Crippen molar-refractivity contribution in [2.75, 3.05) is 19.8 Å². The Hall–Kier alpha value is -0.170. The zero-order valence-electron chi connectivity index (χ0n) is 11.9. The maximum Gasteiger partial charge on any atom is 0.213 e. The highest BCUT2D eigenvalue weighted by Gasteiger charge is 2.40. The first kappa shape index (κ1) is 15.2. The Bertz CT molecular complexity index is 377. The molecule has 5 nitrogen and oxygen atoms in total. The summed E-state index contributed by atoms with van der Waals surface area (Å²) in [6.07, 6.45) is 4.90. The Kier molecular flexibility index (Phi) is 4.87. The summed E-state index contributed by atoms with van der Waals surface area (Å²) in [6.45, 7) is 5.35. The highest BCUT2D eigenvalue weighted by Crippen LogP contribution is 2.39. The van der Waals surface area contributed by atoms with Gasteiger partial charge >= 0.3 is 0 Å². The van der Waals surface area contributed by atoms with Crippen LogP contribution in [0.4, 0.5) is 0 Å². The van der Waals surface area contributed by atoms with Gasteiger partial charge in [0, 0.05) is 19.4 Å². The Labute approximate surface area is 116 Å². The van der Waals surface area contributed by atoms with Gasteiger partial charge in [-0.1, -0.05) is 0 Å². The van der Waals surface area contributed by atoms with E-state index in [0.717, 1.165) is 32.1 Å². The topological polar surface area (TPSA) is 64.6 Å². The van der Waals surface area contributed by atoms with E-state index >= 15 is 0 Å². The van der Waals surface area contributed by atoms with Crippen molar-refractivity contribution in [2.45, 2.75) is 57.0 Å². The molecule has 1 spiro atoms. The van der Waals surface area contributed by atoms with Crippen LogP contribution in [0.25, 0.3) is 0 Å². The minimum absolute atomic E-state index is 0.312. The second-order valence-corrected chi connectivity index (χ2v) is 8.15. The molecule has 1 aliphatic heterocycles. The SMILES string of the molecule is CC(C)S(=O)(=O)NCCC1CCC2(CC1)OCCO2. The molecule has 1 aliphatic carbocycles. The summed E-state index contributed by atoms with van der Waals surface area (Å²) in [5.41, 5.74) is 0. The van der Waals surface area contributed by atoms with Gasteiger partial charge in [0.1, 0.15) is 0 Å². The van der Waals surface area contributed by atoms with Gasteiger partial charge in [0.2, 0.25) is 10.0 Å². The molecule has 112 valence electrons. The molecule has 0 bridgehead atoms. The Morgan fingerprint density at radius 2 is 1.79 bits per heavy atom. The molecule has 1 N–H and O–H groups in total. The van der Waals surface area contributed by atoms with E-state index in [1.165, 1.54) is 0 Å².